The molecule has 1 aromatic rings. The summed E-state index contributed by atoms with van der Waals surface area (Å²) in [6.45, 7) is 7.32. The summed E-state index contributed by atoms with van der Waals surface area (Å²) in [5, 5.41) is 1.94. The van der Waals surface area contributed by atoms with Crippen LogP contribution in [0.2, 0.25) is 0 Å². The van der Waals surface area contributed by atoms with Crippen molar-refractivity contribution < 1.29 is 0 Å². The number of thioether (sulfide) groups is 1. The van der Waals surface area contributed by atoms with Crippen LogP contribution in [-0.2, 0) is 7.05 Å². The van der Waals surface area contributed by atoms with E-state index in [1.807, 2.05) is 24.2 Å². The number of hydrogen-bond acceptors (Lipinski definition) is 2. The Balaban J connectivity index is 1.71. The Bertz CT molecular complexity index is 424. The molecule has 2 fully saturated rings. The third-order valence-corrected chi connectivity index (χ3v) is 6.63. The predicted octanol–water partition coefficient (Wildman–Crippen LogP) is 3.58. The zero-order chi connectivity index (χ0) is 12.2. The van der Waals surface area contributed by atoms with Gasteiger partial charge in [0.05, 0.1) is 0 Å². The minimum Gasteiger partial charge on any atom is -0.329 e. The number of nitrogens with zero attached hydrogens (tertiary/aromatic N) is 2. The van der Waals surface area contributed by atoms with Crippen LogP contribution in [0.25, 0.3) is 0 Å². The van der Waals surface area contributed by atoms with E-state index < -0.39 is 0 Å². The van der Waals surface area contributed by atoms with Gasteiger partial charge in [0.2, 0.25) is 0 Å². The Morgan fingerprint density at radius 1 is 1.35 bits per heavy atom. The second-order valence-electron chi connectivity index (χ2n) is 6.46. The van der Waals surface area contributed by atoms with Crippen LogP contribution in [0.5, 0.6) is 0 Å². The molecule has 2 saturated carbocycles. The molecular formula is C14H22N2S. The molecule has 0 aromatic carbocycles. The van der Waals surface area contributed by atoms with Gasteiger partial charge in [-0.1, -0.05) is 32.5 Å². The Kier molecular flexibility index (Phi) is 2.58. The van der Waals surface area contributed by atoms with E-state index in [9.17, 15) is 0 Å². The van der Waals surface area contributed by atoms with E-state index in [1.54, 1.807) is 0 Å². The van der Waals surface area contributed by atoms with Gasteiger partial charge in [0.1, 0.15) is 0 Å². The fourth-order valence-corrected chi connectivity index (χ4v) is 4.86. The Labute approximate surface area is 108 Å². The molecular weight excluding hydrogens is 228 g/mol. The summed E-state index contributed by atoms with van der Waals surface area (Å²) < 4.78 is 2.14. The Hall–Kier alpha value is -0.440. The minimum absolute atomic E-state index is 0.616. The van der Waals surface area contributed by atoms with Crippen molar-refractivity contribution in [3.8, 4) is 0 Å². The van der Waals surface area contributed by atoms with Gasteiger partial charge >= 0.3 is 0 Å². The summed E-state index contributed by atoms with van der Waals surface area (Å²) in [5.74, 6) is 2.80. The molecule has 0 saturated heterocycles. The average Bonchev–Trinajstić information content (AvgIpc) is 2.60. The first kappa shape index (κ1) is 11.6. The molecule has 2 aliphatic carbocycles. The van der Waals surface area contributed by atoms with Crippen molar-refractivity contribution in [2.45, 2.75) is 44.0 Å². The number of aryl methyl sites for hydroxylation is 1. The maximum Gasteiger partial charge on any atom is 0.167 e. The van der Waals surface area contributed by atoms with Gasteiger partial charge in [0.25, 0.3) is 0 Å². The van der Waals surface area contributed by atoms with Gasteiger partial charge in [-0.25, -0.2) is 4.98 Å². The average molecular weight is 250 g/mol. The van der Waals surface area contributed by atoms with E-state index in [1.165, 1.54) is 18.0 Å². The van der Waals surface area contributed by atoms with Gasteiger partial charge in [-0.15, -0.1) is 0 Å². The molecule has 1 aromatic heterocycles. The minimum atomic E-state index is 0.616. The molecule has 2 nitrogen and oxygen atoms in total. The number of fused-ring (bicyclic) bond motifs is 1. The van der Waals surface area contributed by atoms with Crippen LogP contribution in [-0.4, -0.2) is 14.8 Å². The largest absolute Gasteiger partial charge is 0.329 e. The Morgan fingerprint density at radius 2 is 2.06 bits per heavy atom. The first-order valence-electron chi connectivity index (χ1n) is 6.64. The quantitative estimate of drug-likeness (QED) is 0.798. The molecule has 0 unspecified atom stereocenters. The molecule has 94 valence electrons. The lowest BCUT2D eigenvalue weighted by atomic mass is 9.90. The third kappa shape index (κ3) is 1.83. The summed E-state index contributed by atoms with van der Waals surface area (Å²) in [6, 6.07) is 0. The van der Waals surface area contributed by atoms with E-state index in [4.69, 9.17) is 0 Å². The lowest BCUT2D eigenvalue weighted by Crippen LogP contribution is -2.21. The van der Waals surface area contributed by atoms with E-state index in [0.29, 0.717) is 5.41 Å². The van der Waals surface area contributed by atoms with Gasteiger partial charge < -0.3 is 4.57 Å². The normalized spacial score (nSPS) is 38.8. The summed E-state index contributed by atoms with van der Waals surface area (Å²) in [7, 11) is 2.09. The van der Waals surface area contributed by atoms with Gasteiger partial charge in [-0.3, -0.25) is 0 Å². The van der Waals surface area contributed by atoms with Crippen molar-refractivity contribution in [3.05, 3.63) is 12.4 Å². The molecule has 0 bridgehead atoms. The highest BCUT2D eigenvalue weighted by Crippen LogP contribution is 2.67. The fraction of sp³-hybridized carbons (Fsp3) is 0.786. The SMILES string of the molecule is C[C@@H]1C[C@H]2[C@@H](C[C@@H]1Sc1nccn1C)C2(C)C. The molecule has 1 heterocycles. The molecule has 2 aliphatic rings. The topological polar surface area (TPSA) is 17.8 Å². The van der Waals surface area contributed by atoms with Crippen LogP contribution >= 0.6 is 11.8 Å². The lowest BCUT2D eigenvalue weighted by molar-refractivity contribution is 0.378. The molecule has 0 N–H and O–H groups in total. The van der Waals surface area contributed by atoms with Crippen LogP contribution in [0.1, 0.15) is 33.6 Å². The van der Waals surface area contributed by atoms with Gasteiger partial charge in [-0.05, 0) is 36.0 Å². The summed E-state index contributed by atoms with van der Waals surface area (Å²) in [6.07, 6.45) is 6.75. The van der Waals surface area contributed by atoms with Crippen LogP contribution in [0.3, 0.4) is 0 Å². The summed E-state index contributed by atoms with van der Waals surface area (Å²) in [5.41, 5.74) is 0.616. The van der Waals surface area contributed by atoms with E-state index in [2.05, 4.69) is 37.4 Å². The highest BCUT2D eigenvalue weighted by Gasteiger charge is 2.60. The zero-order valence-corrected chi connectivity index (χ0v) is 12.0. The second-order valence-corrected chi connectivity index (χ2v) is 7.67. The monoisotopic (exact) mass is 250 g/mol. The van der Waals surface area contributed by atoms with Crippen LogP contribution in [0.4, 0.5) is 0 Å². The van der Waals surface area contributed by atoms with E-state index >= 15 is 0 Å². The predicted molar refractivity (Wildman–Crippen MR) is 72.0 cm³/mol. The molecule has 17 heavy (non-hydrogen) atoms. The van der Waals surface area contributed by atoms with Crippen LogP contribution < -0.4 is 0 Å². The van der Waals surface area contributed by atoms with Gasteiger partial charge in [0, 0.05) is 24.7 Å². The number of hydrogen-bond donors (Lipinski definition) is 0. The van der Waals surface area contributed by atoms with Crippen molar-refractivity contribution in [1.82, 2.24) is 9.55 Å². The highest BCUT2D eigenvalue weighted by atomic mass is 32.2. The number of rotatable bonds is 2. The zero-order valence-electron chi connectivity index (χ0n) is 11.2. The third-order valence-electron chi connectivity index (χ3n) is 5.07. The molecule has 3 rings (SSSR count). The fourth-order valence-electron chi connectivity index (χ4n) is 3.59. The van der Waals surface area contributed by atoms with Crippen molar-refractivity contribution in [2.24, 2.45) is 30.2 Å². The first-order valence-corrected chi connectivity index (χ1v) is 7.52. The number of aromatic nitrogens is 2. The standard InChI is InChI=1S/C14H22N2S/c1-9-7-10-11(14(10,2)3)8-12(9)17-13-15-5-6-16(13)4/h5-6,9-12H,7-8H2,1-4H3/t9-,10+,11-,12+/m1/s1. The van der Waals surface area contributed by atoms with E-state index in [-0.39, 0.29) is 0 Å². The van der Waals surface area contributed by atoms with Crippen LogP contribution in [0.15, 0.2) is 17.6 Å². The summed E-state index contributed by atoms with van der Waals surface area (Å²) in [4.78, 5) is 4.45. The lowest BCUT2D eigenvalue weighted by Gasteiger charge is -2.27. The smallest absolute Gasteiger partial charge is 0.167 e. The van der Waals surface area contributed by atoms with Gasteiger partial charge in [0.15, 0.2) is 5.16 Å². The van der Waals surface area contributed by atoms with Crippen LogP contribution in [0, 0.1) is 23.2 Å². The molecule has 4 atom stereocenters. The van der Waals surface area contributed by atoms with Crippen molar-refractivity contribution in [3.63, 3.8) is 0 Å². The van der Waals surface area contributed by atoms with Crippen molar-refractivity contribution in [2.75, 3.05) is 0 Å². The molecule has 0 spiro atoms. The second kappa shape index (κ2) is 3.78. The Morgan fingerprint density at radius 3 is 2.71 bits per heavy atom. The summed E-state index contributed by atoms with van der Waals surface area (Å²) >= 11 is 1.99. The molecule has 0 amide bonds. The van der Waals surface area contributed by atoms with Gasteiger partial charge in [-0.2, -0.15) is 0 Å². The maximum atomic E-state index is 4.45. The maximum absolute atomic E-state index is 4.45. The van der Waals surface area contributed by atoms with E-state index in [0.717, 1.165) is 23.0 Å². The molecule has 0 aliphatic heterocycles. The number of imidazole rings is 1. The molecule has 3 heteroatoms. The van der Waals surface area contributed by atoms with Crippen molar-refractivity contribution in [1.29, 1.82) is 0 Å². The van der Waals surface area contributed by atoms with Crippen molar-refractivity contribution >= 4 is 11.8 Å². The first-order chi connectivity index (χ1) is 8.00. The molecule has 0 radical (unpaired) electrons. The highest BCUT2D eigenvalue weighted by molar-refractivity contribution is 7.99.